The molecule has 0 saturated heterocycles. The van der Waals surface area contributed by atoms with Crippen molar-refractivity contribution in [3.05, 3.63) is 53.5 Å². The number of rotatable bonds is 4. The molecule has 0 atom stereocenters. The summed E-state index contributed by atoms with van der Waals surface area (Å²) < 4.78 is 10.5. The molecule has 0 aliphatic carbocycles. The quantitative estimate of drug-likeness (QED) is 0.480. The number of hydrogen-bond acceptors (Lipinski definition) is 4. The third kappa shape index (κ3) is 3.10. The number of furan rings is 1. The number of benzene rings is 1. The minimum Gasteiger partial charge on any atom is -0.454 e. The van der Waals surface area contributed by atoms with Gasteiger partial charge in [-0.2, -0.15) is 0 Å². The molecular formula is C15H14O4. The summed E-state index contributed by atoms with van der Waals surface area (Å²) in [5, 5.41) is 0. The average molecular weight is 258 g/mol. The zero-order chi connectivity index (χ0) is 13.8. The zero-order valence-electron chi connectivity index (χ0n) is 10.8. The lowest BCUT2D eigenvalue weighted by molar-refractivity contribution is 0.0698. The Kier molecular flexibility index (Phi) is 3.80. The smallest absolute Gasteiger partial charge is 0.379 e. The van der Waals surface area contributed by atoms with Crippen molar-refractivity contribution in [3.8, 4) is 5.75 Å². The zero-order valence-corrected chi connectivity index (χ0v) is 10.8. The van der Waals surface area contributed by atoms with Crippen LogP contribution >= 0.6 is 0 Å². The Bertz CT molecular complexity index is 610. The fourth-order valence-electron chi connectivity index (χ4n) is 1.61. The summed E-state index contributed by atoms with van der Waals surface area (Å²) in [5.41, 5.74) is 0.499. The van der Waals surface area contributed by atoms with Crippen LogP contribution in [-0.2, 0) is 6.42 Å². The van der Waals surface area contributed by atoms with E-state index < -0.39 is 5.97 Å². The maximum atomic E-state index is 11.8. The molecule has 0 spiro atoms. The number of aryl methyl sites for hydroxylation is 1. The van der Waals surface area contributed by atoms with E-state index in [4.69, 9.17) is 9.15 Å². The molecule has 0 radical (unpaired) electrons. The summed E-state index contributed by atoms with van der Waals surface area (Å²) in [6, 6.07) is 9.80. The highest BCUT2D eigenvalue weighted by Gasteiger charge is 2.13. The van der Waals surface area contributed by atoms with Gasteiger partial charge in [0.05, 0.1) is 0 Å². The van der Waals surface area contributed by atoms with Crippen molar-refractivity contribution in [2.75, 3.05) is 0 Å². The summed E-state index contributed by atoms with van der Waals surface area (Å²) in [6.07, 6.45) is 0.715. The van der Waals surface area contributed by atoms with Crippen LogP contribution in [0.5, 0.6) is 5.75 Å². The number of carbonyl (C=O) groups excluding carboxylic acids is 2. The van der Waals surface area contributed by atoms with E-state index in [2.05, 4.69) is 0 Å². The van der Waals surface area contributed by atoms with E-state index in [0.29, 0.717) is 17.7 Å². The van der Waals surface area contributed by atoms with Crippen LogP contribution in [0.3, 0.4) is 0 Å². The lowest BCUT2D eigenvalue weighted by atomic mass is 10.1. The maximum Gasteiger partial charge on any atom is 0.379 e. The SMILES string of the molecule is CCc1ccc(C(=O)Oc2cccc(C(C)=O)c2)o1. The molecule has 4 nitrogen and oxygen atoms in total. The first-order valence-electron chi connectivity index (χ1n) is 6.02. The van der Waals surface area contributed by atoms with Gasteiger partial charge in [0.15, 0.2) is 5.78 Å². The normalized spacial score (nSPS) is 10.2. The third-order valence-electron chi connectivity index (χ3n) is 2.66. The molecule has 0 aliphatic rings. The molecule has 0 N–H and O–H groups in total. The fourth-order valence-corrected chi connectivity index (χ4v) is 1.61. The number of hydrogen-bond donors (Lipinski definition) is 0. The number of Topliss-reactive ketones (excluding diaryl/α,β-unsaturated/α-hetero) is 1. The van der Waals surface area contributed by atoms with Gasteiger partial charge < -0.3 is 9.15 Å². The standard InChI is InChI=1S/C15H14O4/c1-3-12-7-8-14(18-12)15(17)19-13-6-4-5-11(9-13)10(2)16/h4-9H,3H2,1-2H3. The van der Waals surface area contributed by atoms with E-state index in [-0.39, 0.29) is 11.5 Å². The molecule has 4 heteroatoms. The average Bonchev–Trinajstić information content (AvgIpc) is 2.88. The minimum absolute atomic E-state index is 0.0795. The van der Waals surface area contributed by atoms with Gasteiger partial charge in [0, 0.05) is 12.0 Å². The van der Waals surface area contributed by atoms with E-state index in [0.717, 1.165) is 5.76 Å². The summed E-state index contributed by atoms with van der Waals surface area (Å²) in [6.45, 7) is 3.39. The van der Waals surface area contributed by atoms with Gasteiger partial charge in [-0.1, -0.05) is 19.1 Å². The minimum atomic E-state index is -0.569. The van der Waals surface area contributed by atoms with Gasteiger partial charge in [-0.25, -0.2) is 4.79 Å². The van der Waals surface area contributed by atoms with Crippen LogP contribution in [0.4, 0.5) is 0 Å². The molecule has 0 aliphatic heterocycles. The van der Waals surface area contributed by atoms with Crippen molar-refractivity contribution < 1.29 is 18.7 Å². The second-order valence-corrected chi connectivity index (χ2v) is 4.09. The fraction of sp³-hybridized carbons (Fsp3) is 0.200. The maximum absolute atomic E-state index is 11.8. The second-order valence-electron chi connectivity index (χ2n) is 4.09. The van der Waals surface area contributed by atoms with Crippen molar-refractivity contribution in [1.82, 2.24) is 0 Å². The molecule has 19 heavy (non-hydrogen) atoms. The van der Waals surface area contributed by atoms with Crippen LogP contribution in [0, 0.1) is 0 Å². The van der Waals surface area contributed by atoms with Gasteiger partial charge >= 0.3 is 5.97 Å². The van der Waals surface area contributed by atoms with Crippen LogP contribution in [0.25, 0.3) is 0 Å². The van der Waals surface area contributed by atoms with E-state index in [9.17, 15) is 9.59 Å². The lowest BCUT2D eigenvalue weighted by Gasteiger charge is -2.03. The topological polar surface area (TPSA) is 56.5 Å². The molecule has 98 valence electrons. The lowest BCUT2D eigenvalue weighted by Crippen LogP contribution is -2.07. The predicted molar refractivity (Wildman–Crippen MR) is 69.5 cm³/mol. The first-order valence-corrected chi connectivity index (χ1v) is 6.02. The summed E-state index contributed by atoms with van der Waals surface area (Å²) in [4.78, 5) is 23.1. The van der Waals surface area contributed by atoms with Gasteiger partial charge in [-0.3, -0.25) is 4.79 Å². The van der Waals surface area contributed by atoms with Crippen LogP contribution in [0.1, 0.15) is 40.5 Å². The van der Waals surface area contributed by atoms with Crippen LogP contribution in [0.2, 0.25) is 0 Å². The Morgan fingerprint density at radius 2 is 2.00 bits per heavy atom. The van der Waals surface area contributed by atoms with Crippen molar-refractivity contribution in [2.45, 2.75) is 20.3 Å². The molecule has 0 bridgehead atoms. The summed E-state index contributed by atoms with van der Waals surface area (Å²) in [5.74, 6) is 0.561. The number of ketones is 1. The highest BCUT2D eigenvalue weighted by molar-refractivity contribution is 5.95. The number of esters is 1. The van der Waals surface area contributed by atoms with Gasteiger partial charge in [0.1, 0.15) is 11.5 Å². The van der Waals surface area contributed by atoms with Crippen molar-refractivity contribution >= 4 is 11.8 Å². The molecule has 1 aromatic carbocycles. The second kappa shape index (κ2) is 5.52. The van der Waals surface area contributed by atoms with Crippen LogP contribution in [-0.4, -0.2) is 11.8 Å². The molecule has 0 saturated carbocycles. The third-order valence-corrected chi connectivity index (χ3v) is 2.66. The summed E-state index contributed by atoms with van der Waals surface area (Å²) in [7, 11) is 0. The largest absolute Gasteiger partial charge is 0.454 e. The Balaban J connectivity index is 2.14. The van der Waals surface area contributed by atoms with Gasteiger partial charge in [0.25, 0.3) is 0 Å². The number of ether oxygens (including phenoxy) is 1. The molecular weight excluding hydrogens is 244 g/mol. The van der Waals surface area contributed by atoms with E-state index in [1.807, 2.05) is 6.92 Å². The Labute approximate surface area is 111 Å². The van der Waals surface area contributed by atoms with Gasteiger partial charge in [0.2, 0.25) is 5.76 Å². The van der Waals surface area contributed by atoms with E-state index in [1.54, 1.807) is 30.3 Å². The Morgan fingerprint density at radius 3 is 2.63 bits per heavy atom. The summed E-state index contributed by atoms with van der Waals surface area (Å²) >= 11 is 0. The highest BCUT2D eigenvalue weighted by Crippen LogP contribution is 2.17. The number of carbonyl (C=O) groups is 2. The monoisotopic (exact) mass is 258 g/mol. The van der Waals surface area contributed by atoms with Crippen molar-refractivity contribution in [3.63, 3.8) is 0 Å². The van der Waals surface area contributed by atoms with Crippen LogP contribution in [0.15, 0.2) is 40.8 Å². The Morgan fingerprint density at radius 1 is 1.21 bits per heavy atom. The molecule has 0 fully saturated rings. The molecule has 2 aromatic rings. The van der Waals surface area contributed by atoms with Crippen molar-refractivity contribution in [2.24, 2.45) is 0 Å². The van der Waals surface area contributed by atoms with Gasteiger partial charge in [-0.15, -0.1) is 0 Å². The predicted octanol–water partition coefficient (Wildman–Crippen LogP) is 3.26. The van der Waals surface area contributed by atoms with Gasteiger partial charge in [-0.05, 0) is 31.2 Å². The van der Waals surface area contributed by atoms with Crippen molar-refractivity contribution in [1.29, 1.82) is 0 Å². The molecule has 1 heterocycles. The first kappa shape index (κ1) is 13.1. The molecule has 1 aromatic heterocycles. The van der Waals surface area contributed by atoms with E-state index in [1.165, 1.54) is 13.0 Å². The molecule has 2 rings (SSSR count). The Hall–Kier alpha value is -2.36. The first-order chi connectivity index (χ1) is 9.10. The molecule has 0 unspecified atom stereocenters. The highest BCUT2D eigenvalue weighted by atomic mass is 16.5. The van der Waals surface area contributed by atoms with Crippen LogP contribution < -0.4 is 4.74 Å². The van der Waals surface area contributed by atoms with E-state index >= 15 is 0 Å². The molecule has 0 amide bonds.